The van der Waals surface area contributed by atoms with E-state index in [-0.39, 0.29) is 17.0 Å². The number of rotatable bonds is 6. The molecular weight excluding hydrogens is 311 g/mol. The predicted molar refractivity (Wildman–Crippen MR) is 82.8 cm³/mol. The van der Waals surface area contributed by atoms with Gasteiger partial charge in [0.25, 0.3) is 0 Å². The zero-order valence-electron chi connectivity index (χ0n) is 11.4. The third-order valence-electron chi connectivity index (χ3n) is 2.70. The zero-order chi connectivity index (χ0) is 15.2. The van der Waals surface area contributed by atoms with Crippen LogP contribution in [-0.2, 0) is 11.2 Å². The highest BCUT2D eigenvalue weighted by Gasteiger charge is 2.16. The number of hydrogen-bond donors (Lipinski definition) is 2. The lowest BCUT2D eigenvalue weighted by Gasteiger charge is -2.10. The number of anilines is 1. The Kier molecular flexibility index (Phi) is 5.51. The Morgan fingerprint density at radius 1 is 1.43 bits per heavy atom. The molecule has 0 spiro atoms. The van der Waals surface area contributed by atoms with Gasteiger partial charge in [0, 0.05) is 6.54 Å². The first-order chi connectivity index (χ1) is 10.0. The molecule has 0 saturated heterocycles. The second kappa shape index (κ2) is 7.37. The van der Waals surface area contributed by atoms with Gasteiger partial charge in [-0.05, 0) is 31.0 Å². The average Bonchev–Trinajstić information content (AvgIpc) is 2.86. The first kappa shape index (κ1) is 15.7. The van der Waals surface area contributed by atoms with Gasteiger partial charge in [-0.1, -0.05) is 35.2 Å². The monoisotopic (exact) mass is 326 g/mol. The van der Waals surface area contributed by atoms with Gasteiger partial charge < -0.3 is 11.1 Å². The highest BCUT2D eigenvalue weighted by Crippen LogP contribution is 2.27. The van der Waals surface area contributed by atoms with Crippen LogP contribution in [0.1, 0.15) is 12.5 Å². The van der Waals surface area contributed by atoms with Crippen molar-refractivity contribution in [3.8, 4) is 0 Å². The van der Waals surface area contributed by atoms with Crippen LogP contribution < -0.4 is 11.1 Å². The molecule has 0 saturated carbocycles. The lowest BCUT2D eigenvalue weighted by atomic mass is 10.1. The summed E-state index contributed by atoms with van der Waals surface area (Å²) in [5.74, 6) is -0.333. The van der Waals surface area contributed by atoms with Crippen molar-refractivity contribution >= 4 is 34.1 Å². The molecule has 1 heterocycles. The standard InChI is InChI=1S/C13H15FN4OS2/c1-8(20-13-18-17-12(15)21-13)11(19)16-7-6-9-2-4-10(14)5-3-9/h2-5,8H,6-7H2,1H3,(H2,15,17)(H,16,19)/t8-/m1/s1. The van der Waals surface area contributed by atoms with Crippen molar-refractivity contribution in [2.45, 2.75) is 22.9 Å². The number of nitrogens with one attached hydrogen (secondary N) is 1. The Balaban J connectivity index is 1.74. The largest absolute Gasteiger partial charge is 0.374 e. The number of carbonyl (C=O) groups is 1. The second-order valence-corrected chi connectivity index (χ2v) is 6.93. The molecule has 0 fully saturated rings. The van der Waals surface area contributed by atoms with E-state index < -0.39 is 0 Å². The van der Waals surface area contributed by atoms with Crippen molar-refractivity contribution in [2.75, 3.05) is 12.3 Å². The predicted octanol–water partition coefficient (Wildman–Crippen LogP) is 2.10. The summed E-state index contributed by atoms with van der Waals surface area (Å²) in [4.78, 5) is 11.9. The molecule has 112 valence electrons. The highest BCUT2D eigenvalue weighted by atomic mass is 32.2. The molecule has 1 amide bonds. The smallest absolute Gasteiger partial charge is 0.233 e. The second-order valence-electron chi connectivity index (χ2n) is 4.33. The summed E-state index contributed by atoms with van der Waals surface area (Å²) < 4.78 is 13.4. The molecule has 0 aliphatic heterocycles. The number of carbonyl (C=O) groups excluding carboxylic acids is 1. The molecule has 5 nitrogen and oxygen atoms in total. The van der Waals surface area contributed by atoms with E-state index in [1.165, 1.54) is 35.2 Å². The maximum atomic E-state index is 12.8. The fourth-order valence-electron chi connectivity index (χ4n) is 1.60. The Morgan fingerprint density at radius 2 is 2.14 bits per heavy atom. The minimum atomic E-state index is -0.273. The first-order valence-corrected chi connectivity index (χ1v) is 8.02. The molecule has 0 bridgehead atoms. The number of halogens is 1. The number of hydrogen-bond acceptors (Lipinski definition) is 6. The van der Waals surface area contributed by atoms with Crippen LogP contribution in [0.25, 0.3) is 0 Å². The van der Waals surface area contributed by atoms with Crippen LogP contribution in [0.3, 0.4) is 0 Å². The lowest BCUT2D eigenvalue weighted by molar-refractivity contribution is -0.120. The van der Waals surface area contributed by atoms with E-state index in [4.69, 9.17) is 5.73 Å². The summed E-state index contributed by atoms with van der Waals surface area (Å²) in [7, 11) is 0. The number of aromatic nitrogens is 2. The van der Waals surface area contributed by atoms with Gasteiger partial charge in [-0.15, -0.1) is 10.2 Å². The van der Waals surface area contributed by atoms with Gasteiger partial charge in [0.1, 0.15) is 5.82 Å². The molecule has 0 radical (unpaired) electrons. The van der Waals surface area contributed by atoms with Gasteiger partial charge in [0.2, 0.25) is 11.0 Å². The number of nitrogen functional groups attached to an aromatic ring is 1. The summed E-state index contributed by atoms with van der Waals surface area (Å²) in [5, 5.41) is 10.5. The summed E-state index contributed by atoms with van der Waals surface area (Å²) in [5.41, 5.74) is 6.47. The van der Waals surface area contributed by atoms with E-state index in [1.54, 1.807) is 19.1 Å². The quantitative estimate of drug-likeness (QED) is 0.795. The van der Waals surface area contributed by atoms with Crippen molar-refractivity contribution in [3.05, 3.63) is 35.6 Å². The van der Waals surface area contributed by atoms with Gasteiger partial charge in [0.05, 0.1) is 5.25 Å². The van der Waals surface area contributed by atoms with Crippen molar-refractivity contribution < 1.29 is 9.18 Å². The normalized spacial score (nSPS) is 12.1. The SMILES string of the molecule is C[C@@H](Sc1nnc(N)s1)C(=O)NCCc1ccc(F)cc1. The van der Waals surface area contributed by atoms with E-state index in [2.05, 4.69) is 15.5 Å². The van der Waals surface area contributed by atoms with E-state index >= 15 is 0 Å². The zero-order valence-corrected chi connectivity index (χ0v) is 13.0. The van der Waals surface area contributed by atoms with Crippen LogP contribution in [0, 0.1) is 5.82 Å². The number of benzene rings is 1. The molecule has 2 rings (SSSR count). The third-order valence-corrected chi connectivity index (χ3v) is 4.63. The Hall–Kier alpha value is -1.67. The summed E-state index contributed by atoms with van der Waals surface area (Å²) in [6.07, 6.45) is 0.662. The molecule has 1 aromatic carbocycles. The van der Waals surface area contributed by atoms with Crippen LogP contribution in [0.4, 0.5) is 9.52 Å². The minimum absolute atomic E-state index is 0.0733. The van der Waals surface area contributed by atoms with Crippen molar-refractivity contribution in [1.29, 1.82) is 0 Å². The summed E-state index contributed by atoms with van der Waals surface area (Å²) >= 11 is 2.58. The molecule has 1 aromatic heterocycles. The molecule has 0 aliphatic carbocycles. The first-order valence-electron chi connectivity index (χ1n) is 6.32. The number of nitrogens with two attached hydrogens (primary N) is 1. The van der Waals surface area contributed by atoms with Crippen LogP contribution in [0.15, 0.2) is 28.6 Å². The van der Waals surface area contributed by atoms with E-state index in [0.29, 0.717) is 22.4 Å². The average molecular weight is 326 g/mol. The fourth-order valence-corrected chi connectivity index (χ4v) is 3.40. The number of nitrogens with zero attached hydrogens (tertiary/aromatic N) is 2. The topological polar surface area (TPSA) is 80.9 Å². The molecular formula is C13H15FN4OS2. The van der Waals surface area contributed by atoms with Gasteiger partial charge in [0.15, 0.2) is 4.34 Å². The van der Waals surface area contributed by atoms with E-state index in [0.717, 1.165) is 5.56 Å². The molecule has 8 heteroatoms. The lowest BCUT2D eigenvalue weighted by Crippen LogP contribution is -2.32. The maximum Gasteiger partial charge on any atom is 0.233 e. The van der Waals surface area contributed by atoms with Gasteiger partial charge in [-0.25, -0.2) is 4.39 Å². The van der Waals surface area contributed by atoms with Crippen LogP contribution in [0.2, 0.25) is 0 Å². The van der Waals surface area contributed by atoms with Crippen molar-refractivity contribution in [2.24, 2.45) is 0 Å². The fraction of sp³-hybridized carbons (Fsp3) is 0.308. The Labute approximate surface area is 130 Å². The summed E-state index contributed by atoms with van der Waals surface area (Å²) in [6, 6.07) is 6.25. The number of amides is 1. The van der Waals surface area contributed by atoms with Crippen LogP contribution in [-0.4, -0.2) is 27.9 Å². The van der Waals surface area contributed by atoms with E-state index in [1.807, 2.05) is 0 Å². The molecule has 1 atom stereocenters. The molecule has 21 heavy (non-hydrogen) atoms. The van der Waals surface area contributed by atoms with Crippen molar-refractivity contribution in [3.63, 3.8) is 0 Å². The Morgan fingerprint density at radius 3 is 2.76 bits per heavy atom. The molecule has 0 unspecified atom stereocenters. The van der Waals surface area contributed by atoms with Gasteiger partial charge >= 0.3 is 0 Å². The third kappa shape index (κ3) is 4.98. The van der Waals surface area contributed by atoms with Crippen molar-refractivity contribution in [1.82, 2.24) is 15.5 Å². The molecule has 0 aliphatic rings. The number of thioether (sulfide) groups is 1. The van der Waals surface area contributed by atoms with Crippen LogP contribution in [0.5, 0.6) is 0 Å². The minimum Gasteiger partial charge on any atom is -0.374 e. The molecule has 2 aromatic rings. The maximum absolute atomic E-state index is 12.8. The summed E-state index contributed by atoms with van der Waals surface area (Å²) in [6.45, 7) is 2.31. The highest BCUT2D eigenvalue weighted by molar-refractivity contribution is 8.02. The Bertz CT molecular complexity index is 602. The van der Waals surface area contributed by atoms with E-state index in [9.17, 15) is 9.18 Å². The van der Waals surface area contributed by atoms with Crippen LogP contribution >= 0.6 is 23.1 Å². The molecule has 3 N–H and O–H groups in total. The van der Waals surface area contributed by atoms with Gasteiger partial charge in [-0.3, -0.25) is 4.79 Å². The van der Waals surface area contributed by atoms with Gasteiger partial charge in [-0.2, -0.15) is 0 Å².